The fourth-order valence-electron chi connectivity index (χ4n) is 2.92. The molecule has 6 heteroatoms. The number of hydrogen-bond donors (Lipinski definition) is 3. The van der Waals surface area contributed by atoms with Crippen LogP contribution in [0.2, 0.25) is 0 Å². The Morgan fingerprint density at radius 1 is 1.42 bits per heavy atom. The van der Waals surface area contributed by atoms with Gasteiger partial charge in [-0.25, -0.2) is 4.79 Å². The maximum absolute atomic E-state index is 11.8. The molecular formula is C13H22N4O2. The fourth-order valence-corrected chi connectivity index (χ4v) is 2.92. The molecule has 0 bridgehead atoms. The lowest BCUT2D eigenvalue weighted by atomic mass is 9.92. The molecule has 0 radical (unpaired) electrons. The highest BCUT2D eigenvalue weighted by molar-refractivity contribution is 5.95. The summed E-state index contributed by atoms with van der Waals surface area (Å²) in [4.78, 5) is 25.4. The first kappa shape index (κ1) is 14.0. The van der Waals surface area contributed by atoms with Gasteiger partial charge in [0.25, 0.3) is 0 Å². The number of urea groups is 1. The van der Waals surface area contributed by atoms with Crippen molar-refractivity contribution < 1.29 is 9.59 Å². The molecule has 2 saturated heterocycles. The Hall–Kier alpha value is -1.40. The zero-order valence-electron chi connectivity index (χ0n) is 11.2. The number of carbonyl (C=O) groups excluding carboxylic acids is 2. The minimum absolute atomic E-state index is 0.242. The number of nitrogens with one attached hydrogen (secondary N) is 3. The topological polar surface area (TPSA) is 73.5 Å². The smallest absolute Gasteiger partial charge is 0.321 e. The van der Waals surface area contributed by atoms with Crippen LogP contribution in [0.3, 0.4) is 0 Å². The van der Waals surface area contributed by atoms with Crippen LogP contribution in [0.4, 0.5) is 4.79 Å². The number of imide groups is 1. The fraction of sp³-hybridized carbons (Fsp3) is 0.692. The van der Waals surface area contributed by atoms with Gasteiger partial charge in [0.05, 0.1) is 6.54 Å². The lowest BCUT2D eigenvalue weighted by Crippen LogP contribution is -2.51. The van der Waals surface area contributed by atoms with Crippen LogP contribution in [0.15, 0.2) is 12.7 Å². The SMILES string of the molecule is C=CCNC(=O)NC(=O)CN1CCCC2CNCC21. The molecule has 2 atom stereocenters. The van der Waals surface area contributed by atoms with Crippen molar-refractivity contribution in [2.75, 3.05) is 32.7 Å². The number of carbonyl (C=O) groups is 2. The molecule has 2 heterocycles. The third-order valence-corrected chi connectivity index (χ3v) is 3.80. The Morgan fingerprint density at radius 3 is 3.05 bits per heavy atom. The van der Waals surface area contributed by atoms with Crippen LogP contribution in [0.25, 0.3) is 0 Å². The Morgan fingerprint density at radius 2 is 2.26 bits per heavy atom. The summed E-state index contributed by atoms with van der Waals surface area (Å²) < 4.78 is 0. The van der Waals surface area contributed by atoms with Crippen molar-refractivity contribution in [1.29, 1.82) is 0 Å². The zero-order valence-corrected chi connectivity index (χ0v) is 11.2. The second-order valence-electron chi connectivity index (χ2n) is 5.15. The molecule has 19 heavy (non-hydrogen) atoms. The van der Waals surface area contributed by atoms with E-state index in [0.717, 1.165) is 26.1 Å². The van der Waals surface area contributed by atoms with E-state index >= 15 is 0 Å². The van der Waals surface area contributed by atoms with E-state index in [-0.39, 0.29) is 5.91 Å². The van der Waals surface area contributed by atoms with E-state index in [4.69, 9.17) is 0 Å². The number of rotatable bonds is 4. The largest absolute Gasteiger partial charge is 0.334 e. The molecule has 3 amide bonds. The normalized spacial score (nSPS) is 26.5. The summed E-state index contributed by atoms with van der Waals surface area (Å²) in [6.07, 6.45) is 3.93. The predicted octanol–water partition coefficient (Wildman–Crippen LogP) is -0.318. The number of amides is 3. The lowest BCUT2D eigenvalue weighted by molar-refractivity contribution is -0.122. The van der Waals surface area contributed by atoms with E-state index in [0.29, 0.717) is 25.0 Å². The highest BCUT2D eigenvalue weighted by Gasteiger charge is 2.35. The van der Waals surface area contributed by atoms with Crippen molar-refractivity contribution in [3.63, 3.8) is 0 Å². The van der Waals surface area contributed by atoms with E-state index in [9.17, 15) is 9.59 Å². The third kappa shape index (κ3) is 3.78. The molecule has 0 aromatic heterocycles. The van der Waals surface area contributed by atoms with Crippen LogP contribution < -0.4 is 16.0 Å². The molecule has 0 saturated carbocycles. The number of hydrogen-bond acceptors (Lipinski definition) is 4. The Balaban J connectivity index is 1.78. The second-order valence-corrected chi connectivity index (χ2v) is 5.15. The first-order valence-corrected chi connectivity index (χ1v) is 6.84. The third-order valence-electron chi connectivity index (χ3n) is 3.80. The number of nitrogens with zero attached hydrogens (tertiary/aromatic N) is 1. The molecule has 3 N–H and O–H groups in total. The minimum Gasteiger partial charge on any atom is -0.334 e. The van der Waals surface area contributed by atoms with E-state index in [1.54, 1.807) is 6.08 Å². The number of fused-ring (bicyclic) bond motifs is 1. The van der Waals surface area contributed by atoms with Gasteiger partial charge >= 0.3 is 6.03 Å². The Bertz CT molecular complexity index is 359. The molecule has 2 fully saturated rings. The van der Waals surface area contributed by atoms with Crippen molar-refractivity contribution in [2.24, 2.45) is 5.92 Å². The first-order chi connectivity index (χ1) is 9.20. The van der Waals surface area contributed by atoms with Crippen molar-refractivity contribution in [1.82, 2.24) is 20.9 Å². The maximum atomic E-state index is 11.8. The molecule has 0 aromatic rings. The van der Waals surface area contributed by atoms with Crippen LogP contribution in [0.5, 0.6) is 0 Å². The van der Waals surface area contributed by atoms with Crippen LogP contribution in [0.1, 0.15) is 12.8 Å². The maximum Gasteiger partial charge on any atom is 0.321 e. The van der Waals surface area contributed by atoms with Gasteiger partial charge in [-0.2, -0.15) is 0 Å². The van der Waals surface area contributed by atoms with Gasteiger partial charge in [0.2, 0.25) is 5.91 Å². The summed E-state index contributed by atoms with van der Waals surface area (Å²) in [6, 6.07) is -0.0151. The molecule has 106 valence electrons. The number of likely N-dealkylation sites (tertiary alicyclic amines) is 1. The van der Waals surface area contributed by atoms with Gasteiger partial charge in [-0.1, -0.05) is 6.08 Å². The molecular weight excluding hydrogens is 244 g/mol. The minimum atomic E-state index is -0.456. The molecule has 0 aliphatic carbocycles. The standard InChI is InChI=1S/C13H22N4O2/c1-2-5-15-13(19)16-12(18)9-17-6-3-4-10-7-14-8-11(10)17/h2,10-11,14H,1,3-9H2,(H2,15,16,18,19). The molecule has 2 aliphatic heterocycles. The van der Waals surface area contributed by atoms with Gasteiger partial charge in [0, 0.05) is 19.1 Å². The molecule has 0 aromatic carbocycles. The summed E-state index contributed by atoms with van der Waals surface area (Å²) >= 11 is 0. The van der Waals surface area contributed by atoms with Crippen LogP contribution in [0, 0.1) is 5.92 Å². The lowest BCUT2D eigenvalue weighted by Gasteiger charge is -2.36. The zero-order chi connectivity index (χ0) is 13.7. The Labute approximate surface area is 113 Å². The second kappa shape index (κ2) is 6.68. The van der Waals surface area contributed by atoms with Crippen molar-refractivity contribution in [2.45, 2.75) is 18.9 Å². The summed E-state index contributed by atoms with van der Waals surface area (Å²) in [6.45, 7) is 7.08. The quantitative estimate of drug-likeness (QED) is 0.610. The monoisotopic (exact) mass is 266 g/mol. The van der Waals surface area contributed by atoms with Crippen molar-refractivity contribution >= 4 is 11.9 Å². The molecule has 0 spiro atoms. The summed E-state index contributed by atoms with van der Waals surface area (Å²) in [5, 5.41) is 8.24. The summed E-state index contributed by atoms with van der Waals surface area (Å²) in [7, 11) is 0. The van der Waals surface area contributed by atoms with Crippen molar-refractivity contribution in [3.05, 3.63) is 12.7 Å². The van der Waals surface area contributed by atoms with E-state index < -0.39 is 6.03 Å². The highest BCUT2D eigenvalue weighted by atomic mass is 16.2. The molecule has 2 unspecified atom stereocenters. The average Bonchev–Trinajstić information content (AvgIpc) is 2.85. The van der Waals surface area contributed by atoms with E-state index in [1.165, 1.54) is 6.42 Å². The van der Waals surface area contributed by atoms with E-state index in [2.05, 4.69) is 27.4 Å². The van der Waals surface area contributed by atoms with Gasteiger partial charge in [-0.05, 0) is 31.8 Å². The predicted molar refractivity (Wildman–Crippen MR) is 72.7 cm³/mol. The van der Waals surface area contributed by atoms with Crippen LogP contribution in [-0.2, 0) is 4.79 Å². The van der Waals surface area contributed by atoms with Gasteiger partial charge < -0.3 is 10.6 Å². The van der Waals surface area contributed by atoms with Gasteiger partial charge in [-0.3, -0.25) is 15.0 Å². The summed E-state index contributed by atoms with van der Waals surface area (Å²) in [5.41, 5.74) is 0. The Kier molecular flexibility index (Phi) is 4.93. The van der Waals surface area contributed by atoms with Gasteiger partial charge in [0.1, 0.15) is 0 Å². The molecule has 2 rings (SSSR count). The summed E-state index contributed by atoms with van der Waals surface area (Å²) in [5.74, 6) is 0.408. The van der Waals surface area contributed by atoms with Crippen molar-refractivity contribution in [3.8, 4) is 0 Å². The number of piperidine rings is 1. The molecule has 6 nitrogen and oxygen atoms in total. The average molecular weight is 266 g/mol. The van der Waals surface area contributed by atoms with Crippen LogP contribution >= 0.6 is 0 Å². The first-order valence-electron chi connectivity index (χ1n) is 6.84. The highest BCUT2D eigenvalue weighted by Crippen LogP contribution is 2.25. The van der Waals surface area contributed by atoms with Gasteiger partial charge in [-0.15, -0.1) is 6.58 Å². The van der Waals surface area contributed by atoms with E-state index in [1.807, 2.05) is 0 Å². The molecule has 2 aliphatic rings. The van der Waals surface area contributed by atoms with Crippen LogP contribution in [-0.4, -0.2) is 55.6 Å². The van der Waals surface area contributed by atoms with Gasteiger partial charge in [0.15, 0.2) is 0 Å².